The molecule has 0 bridgehead atoms. The van der Waals surface area contributed by atoms with E-state index in [1.54, 1.807) is 23.2 Å². The number of carbonyl (C=O) groups excluding carboxylic acids is 2. The van der Waals surface area contributed by atoms with Crippen LogP contribution in [0.4, 0.5) is 5.69 Å². The highest BCUT2D eigenvalue weighted by Gasteiger charge is 2.20. The van der Waals surface area contributed by atoms with Crippen molar-refractivity contribution in [2.24, 2.45) is 0 Å². The van der Waals surface area contributed by atoms with E-state index in [1.165, 1.54) is 24.3 Å². The van der Waals surface area contributed by atoms with E-state index in [1.807, 2.05) is 0 Å². The summed E-state index contributed by atoms with van der Waals surface area (Å²) in [5.74, 6) is -0.567. The van der Waals surface area contributed by atoms with Crippen LogP contribution < -0.4 is 16.6 Å². The predicted molar refractivity (Wildman–Crippen MR) is 138 cm³/mol. The van der Waals surface area contributed by atoms with Crippen molar-refractivity contribution in [1.29, 1.82) is 0 Å². The Balaban J connectivity index is 1.46. The van der Waals surface area contributed by atoms with E-state index in [0.29, 0.717) is 11.3 Å². The number of benzene rings is 1. The van der Waals surface area contributed by atoms with E-state index in [9.17, 15) is 29.3 Å². The Labute approximate surface area is 219 Å². The van der Waals surface area contributed by atoms with Crippen LogP contribution in [0, 0.1) is 10.1 Å². The third kappa shape index (κ3) is 6.45. The maximum atomic E-state index is 12.6. The van der Waals surface area contributed by atoms with Gasteiger partial charge in [0.05, 0.1) is 15.5 Å². The van der Waals surface area contributed by atoms with Crippen molar-refractivity contribution in [3.05, 3.63) is 83.3 Å². The lowest BCUT2D eigenvalue weighted by Crippen LogP contribution is -2.38. The van der Waals surface area contributed by atoms with Gasteiger partial charge in [-0.2, -0.15) is 0 Å². The maximum absolute atomic E-state index is 12.6. The highest BCUT2D eigenvalue weighted by Crippen LogP contribution is 2.28. The molecule has 3 aromatic rings. The molecule has 4 rings (SSSR count). The van der Waals surface area contributed by atoms with Gasteiger partial charge in [0.15, 0.2) is 6.61 Å². The smallest absolute Gasteiger partial charge is 0.357 e. The van der Waals surface area contributed by atoms with Gasteiger partial charge in [0.1, 0.15) is 17.2 Å². The number of carbonyl (C=O) groups is 2. The summed E-state index contributed by atoms with van der Waals surface area (Å²) in [6.45, 7) is -0.428. The maximum Gasteiger partial charge on any atom is 0.357 e. The van der Waals surface area contributed by atoms with Crippen molar-refractivity contribution in [3.63, 3.8) is 0 Å². The van der Waals surface area contributed by atoms with Gasteiger partial charge in [-0.1, -0.05) is 30.9 Å². The van der Waals surface area contributed by atoms with Crippen LogP contribution in [0.3, 0.4) is 0 Å². The van der Waals surface area contributed by atoms with Gasteiger partial charge < -0.3 is 19.5 Å². The largest absolute Gasteiger partial charge is 0.457 e. The molecule has 0 spiro atoms. The molecule has 1 saturated carbocycles. The first-order valence-corrected chi connectivity index (χ1v) is 12.1. The molecule has 1 aliphatic carbocycles. The summed E-state index contributed by atoms with van der Waals surface area (Å²) in [5, 5.41) is 14.2. The van der Waals surface area contributed by atoms with Crippen molar-refractivity contribution < 1.29 is 23.7 Å². The Morgan fingerprint density at radius 1 is 1.13 bits per heavy atom. The highest BCUT2D eigenvalue weighted by atomic mass is 35.5. The first kappa shape index (κ1) is 26.6. The van der Waals surface area contributed by atoms with Crippen molar-refractivity contribution in [3.8, 4) is 11.3 Å². The van der Waals surface area contributed by atoms with E-state index < -0.39 is 34.4 Å². The molecular weight excluding hydrogens is 520 g/mol. The van der Waals surface area contributed by atoms with Crippen LogP contribution in [0.15, 0.2) is 44.3 Å². The fourth-order valence-corrected chi connectivity index (χ4v) is 4.32. The van der Waals surface area contributed by atoms with Gasteiger partial charge in [0, 0.05) is 11.6 Å². The highest BCUT2D eigenvalue weighted by molar-refractivity contribution is 6.33. The van der Waals surface area contributed by atoms with Gasteiger partial charge in [0.2, 0.25) is 0 Å². The molecule has 1 fully saturated rings. The molecule has 0 aliphatic heterocycles. The Morgan fingerprint density at radius 3 is 2.63 bits per heavy atom. The first-order valence-electron chi connectivity index (χ1n) is 11.8. The molecule has 3 N–H and O–H groups in total. The molecule has 1 aromatic carbocycles. The van der Waals surface area contributed by atoms with Gasteiger partial charge in [-0.3, -0.25) is 24.7 Å². The van der Waals surface area contributed by atoms with Crippen molar-refractivity contribution in [2.45, 2.75) is 38.1 Å². The Morgan fingerprint density at radius 2 is 1.89 bits per heavy atom. The van der Waals surface area contributed by atoms with Gasteiger partial charge in [0.25, 0.3) is 5.91 Å². The van der Waals surface area contributed by atoms with E-state index in [2.05, 4.69) is 10.3 Å². The second-order valence-electron chi connectivity index (χ2n) is 8.64. The first-order chi connectivity index (χ1) is 18.2. The summed E-state index contributed by atoms with van der Waals surface area (Å²) in [6, 6.07) is 7.78. The number of hydrogen-bond acceptors (Lipinski definition) is 8. The van der Waals surface area contributed by atoms with Crippen LogP contribution in [-0.4, -0.2) is 39.4 Å². The summed E-state index contributed by atoms with van der Waals surface area (Å²) in [5.41, 5.74) is -2.63. The second kappa shape index (κ2) is 11.7. The molecular formula is C25H23ClN4O8. The van der Waals surface area contributed by atoms with Crippen LogP contribution in [0.2, 0.25) is 5.02 Å². The van der Waals surface area contributed by atoms with Gasteiger partial charge in [-0.05, 0) is 55.3 Å². The van der Waals surface area contributed by atoms with Gasteiger partial charge in [-0.15, -0.1) is 0 Å². The zero-order valence-corrected chi connectivity index (χ0v) is 20.7. The normalized spacial score (nSPS) is 13.9. The number of hydrogen-bond donors (Lipinski definition) is 3. The molecule has 2 aromatic heterocycles. The van der Waals surface area contributed by atoms with Gasteiger partial charge in [-0.25, -0.2) is 9.59 Å². The van der Waals surface area contributed by atoms with Crippen molar-refractivity contribution in [2.75, 3.05) is 6.61 Å². The minimum absolute atomic E-state index is 0.0415. The van der Waals surface area contributed by atoms with Crippen LogP contribution in [0.1, 0.15) is 53.9 Å². The number of esters is 1. The molecule has 12 nitrogen and oxygen atoms in total. The van der Waals surface area contributed by atoms with Crippen LogP contribution >= 0.6 is 11.6 Å². The molecule has 0 atom stereocenters. The molecule has 38 heavy (non-hydrogen) atoms. The fourth-order valence-electron chi connectivity index (χ4n) is 4.12. The average molecular weight is 543 g/mol. The molecule has 198 valence electrons. The lowest BCUT2D eigenvalue weighted by atomic mass is 9.95. The zero-order valence-electron chi connectivity index (χ0n) is 20.0. The number of nitro groups is 1. The molecule has 1 aliphatic rings. The van der Waals surface area contributed by atoms with Crippen LogP contribution in [0.25, 0.3) is 23.5 Å². The molecule has 1 amide bonds. The van der Waals surface area contributed by atoms with E-state index in [0.717, 1.165) is 32.1 Å². The Kier molecular flexibility index (Phi) is 8.22. The number of halogens is 1. The summed E-state index contributed by atoms with van der Waals surface area (Å²) < 4.78 is 10.9. The number of ether oxygens (including phenoxy) is 1. The number of furan rings is 1. The Hall–Kier alpha value is -4.45. The number of H-pyrrole nitrogens is 2. The number of nitrogens with one attached hydrogen (secondary N) is 3. The quantitative estimate of drug-likeness (QED) is 0.219. The molecule has 2 heterocycles. The van der Waals surface area contributed by atoms with E-state index in [4.69, 9.17) is 20.8 Å². The SMILES string of the molecule is O=C(COC(=O)c1cc(-c2ccc(/C=C/c3[nH]c(=O)[nH]c(=O)c3[N+](=O)[O-])o2)ccc1Cl)NC1CCCCC1. The number of aromatic amines is 2. The van der Waals surface area contributed by atoms with E-state index in [-0.39, 0.29) is 34.0 Å². The number of nitrogens with zero attached hydrogens (tertiary/aromatic N) is 1. The summed E-state index contributed by atoms with van der Waals surface area (Å²) in [7, 11) is 0. The monoisotopic (exact) mass is 542 g/mol. The number of aromatic nitrogens is 2. The standard InChI is InChI=1S/C25H23ClN4O8/c26-18-9-6-14(12-17(18)24(33)37-13-21(31)27-15-4-2-1-3-5-15)20-11-8-16(38-20)7-10-19-22(30(35)36)23(32)29-25(34)28-19/h6-12,15H,1-5,13H2,(H,27,31)(H2,28,29,32,34)/b10-7+. The van der Waals surface area contributed by atoms with Crippen molar-refractivity contribution >= 4 is 41.3 Å². The summed E-state index contributed by atoms with van der Waals surface area (Å²) in [6.07, 6.45) is 7.59. The third-order valence-electron chi connectivity index (χ3n) is 5.94. The van der Waals surface area contributed by atoms with Crippen molar-refractivity contribution in [1.82, 2.24) is 15.3 Å². The number of amides is 1. The van der Waals surface area contributed by atoms with Crippen LogP contribution in [-0.2, 0) is 9.53 Å². The minimum Gasteiger partial charge on any atom is -0.457 e. The van der Waals surface area contributed by atoms with Crippen LogP contribution in [0.5, 0.6) is 0 Å². The Bertz CT molecular complexity index is 1510. The third-order valence-corrected chi connectivity index (χ3v) is 6.27. The molecule has 0 radical (unpaired) electrons. The minimum atomic E-state index is -1.13. The molecule has 13 heteroatoms. The zero-order chi connectivity index (χ0) is 27.2. The average Bonchev–Trinajstić information content (AvgIpc) is 3.35. The second-order valence-corrected chi connectivity index (χ2v) is 9.04. The molecule has 0 unspecified atom stereocenters. The fraction of sp³-hybridized carbons (Fsp3) is 0.280. The summed E-state index contributed by atoms with van der Waals surface area (Å²) >= 11 is 6.18. The molecule has 0 saturated heterocycles. The summed E-state index contributed by atoms with van der Waals surface area (Å²) in [4.78, 5) is 62.3. The van der Waals surface area contributed by atoms with E-state index >= 15 is 0 Å². The van der Waals surface area contributed by atoms with Gasteiger partial charge >= 0.3 is 22.9 Å². The topological polar surface area (TPSA) is 177 Å². The predicted octanol–water partition coefficient (Wildman–Crippen LogP) is 3.66. The lowest BCUT2D eigenvalue weighted by molar-refractivity contribution is -0.386. The number of rotatable bonds is 8. The lowest BCUT2D eigenvalue weighted by Gasteiger charge is -2.22.